The maximum Gasteiger partial charge on any atom is 0.229 e. The lowest BCUT2D eigenvalue weighted by atomic mass is 10.1. The van der Waals surface area contributed by atoms with E-state index in [1.165, 1.54) is 5.56 Å². The molecule has 0 aliphatic carbocycles. The summed E-state index contributed by atoms with van der Waals surface area (Å²) in [4.78, 5) is 38.9. The first kappa shape index (κ1) is 21.6. The van der Waals surface area contributed by atoms with Crippen molar-refractivity contribution in [2.45, 2.75) is 33.6 Å². The fourth-order valence-corrected chi connectivity index (χ4v) is 3.43. The molecule has 1 fully saturated rings. The molecule has 0 spiro atoms. The maximum atomic E-state index is 12.8. The summed E-state index contributed by atoms with van der Waals surface area (Å²) >= 11 is 0. The Bertz CT molecular complexity index is 925. The lowest BCUT2D eigenvalue weighted by Crippen LogP contribution is -2.30. The number of anilines is 2. The molecule has 2 N–H and O–H groups in total. The Kier molecular flexibility index (Phi) is 6.87. The van der Waals surface area contributed by atoms with E-state index in [-0.39, 0.29) is 36.0 Å². The number of carbonyl (C=O) groups excluding carboxylic acids is 3. The first-order valence-corrected chi connectivity index (χ1v) is 10.4. The van der Waals surface area contributed by atoms with Crippen LogP contribution in [0.4, 0.5) is 11.4 Å². The summed E-state index contributed by atoms with van der Waals surface area (Å²) in [5.41, 5.74) is 3.36. The van der Waals surface area contributed by atoms with E-state index < -0.39 is 0 Å². The van der Waals surface area contributed by atoms with Gasteiger partial charge < -0.3 is 15.5 Å². The molecular weight excluding hydrogens is 378 g/mol. The second kappa shape index (κ2) is 9.57. The van der Waals surface area contributed by atoms with Gasteiger partial charge in [0.05, 0.1) is 5.92 Å². The minimum absolute atomic E-state index is 0.0146. The van der Waals surface area contributed by atoms with Gasteiger partial charge in [0.1, 0.15) is 0 Å². The van der Waals surface area contributed by atoms with E-state index in [4.69, 9.17) is 0 Å². The molecule has 3 rings (SSSR count). The summed E-state index contributed by atoms with van der Waals surface area (Å²) in [5.74, 6) is -0.731. The predicted molar refractivity (Wildman–Crippen MR) is 118 cm³/mol. The zero-order valence-electron chi connectivity index (χ0n) is 17.8. The normalized spacial score (nSPS) is 16.1. The zero-order valence-corrected chi connectivity index (χ0v) is 17.8. The second-order valence-corrected chi connectivity index (χ2v) is 8.14. The highest BCUT2D eigenvalue weighted by atomic mass is 16.2. The molecule has 1 atom stereocenters. The molecule has 1 saturated heterocycles. The number of amides is 3. The van der Waals surface area contributed by atoms with Crippen molar-refractivity contribution in [3.05, 3.63) is 59.7 Å². The molecule has 3 amide bonds. The largest absolute Gasteiger partial charge is 0.342 e. The van der Waals surface area contributed by atoms with E-state index in [9.17, 15) is 14.4 Å². The third-order valence-corrected chi connectivity index (χ3v) is 5.39. The number of carbonyl (C=O) groups is 3. The van der Waals surface area contributed by atoms with Crippen LogP contribution in [0.3, 0.4) is 0 Å². The summed E-state index contributed by atoms with van der Waals surface area (Å²) in [6.07, 6.45) is 1.00. The van der Waals surface area contributed by atoms with Crippen molar-refractivity contribution in [1.29, 1.82) is 0 Å². The maximum absolute atomic E-state index is 12.8. The number of aryl methyl sites for hydroxylation is 1. The molecule has 0 aromatic heterocycles. The Labute approximate surface area is 177 Å². The fraction of sp³-hybridized carbons (Fsp3) is 0.375. The number of likely N-dealkylation sites (tertiary alicyclic amines) is 1. The minimum atomic E-state index is -0.374. The number of hydrogen-bond acceptors (Lipinski definition) is 3. The average Bonchev–Trinajstić information content (AvgIpc) is 3.10. The monoisotopic (exact) mass is 407 g/mol. The summed E-state index contributed by atoms with van der Waals surface area (Å²) in [6.45, 7) is 6.60. The van der Waals surface area contributed by atoms with Gasteiger partial charge in [-0.1, -0.05) is 50.2 Å². The molecule has 30 heavy (non-hydrogen) atoms. The van der Waals surface area contributed by atoms with Crippen LogP contribution >= 0.6 is 0 Å². The molecule has 2 aromatic rings. The molecule has 1 aliphatic rings. The lowest BCUT2D eigenvalue weighted by molar-refractivity contribution is -0.128. The molecule has 1 aliphatic heterocycles. The van der Waals surface area contributed by atoms with Crippen molar-refractivity contribution in [3.8, 4) is 0 Å². The Morgan fingerprint density at radius 2 is 1.83 bits per heavy atom. The van der Waals surface area contributed by atoms with Crippen molar-refractivity contribution in [2.75, 3.05) is 23.7 Å². The van der Waals surface area contributed by atoms with Gasteiger partial charge in [-0.3, -0.25) is 14.4 Å². The van der Waals surface area contributed by atoms with Crippen LogP contribution in [0.15, 0.2) is 48.5 Å². The Morgan fingerprint density at radius 3 is 2.53 bits per heavy atom. The van der Waals surface area contributed by atoms with Crippen molar-refractivity contribution < 1.29 is 14.4 Å². The van der Waals surface area contributed by atoms with E-state index >= 15 is 0 Å². The van der Waals surface area contributed by atoms with Gasteiger partial charge in [-0.05, 0) is 36.6 Å². The molecule has 6 heteroatoms. The molecule has 0 saturated carbocycles. The molecule has 1 heterocycles. The Balaban J connectivity index is 1.59. The van der Waals surface area contributed by atoms with E-state index in [0.29, 0.717) is 24.5 Å². The lowest BCUT2D eigenvalue weighted by Gasteiger charge is -2.17. The molecule has 0 radical (unpaired) electrons. The van der Waals surface area contributed by atoms with E-state index in [1.807, 2.05) is 63.2 Å². The highest BCUT2D eigenvalue weighted by Crippen LogP contribution is 2.24. The van der Waals surface area contributed by atoms with E-state index in [0.717, 1.165) is 12.0 Å². The molecule has 2 aromatic carbocycles. The van der Waals surface area contributed by atoms with Crippen molar-refractivity contribution in [2.24, 2.45) is 11.8 Å². The number of hydrogen-bond donors (Lipinski definition) is 2. The van der Waals surface area contributed by atoms with Gasteiger partial charge in [0.15, 0.2) is 0 Å². The number of benzene rings is 2. The number of nitrogens with zero attached hydrogens (tertiary/aromatic N) is 1. The fourth-order valence-electron chi connectivity index (χ4n) is 3.43. The van der Waals surface area contributed by atoms with Crippen LogP contribution in [0, 0.1) is 18.8 Å². The quantitative estimate of drug-likeness (QED) is 0.736. The zero-order chi connectivity index (χ0) is 21.7. The summed E-state index contributed by atoms with van der Waals surface area (Å²) in [5, 5.41) is 5.79. The van der Waals surface area contributed by atoms with Crippen LogP contribution in [0.2, 0.25) is 0 Å². The van der Waals surface area contributed by atoms with E-state index in [2.05, 4.69) is 10.6 Å². The first-order chi connectivity index (χ1) is 14.3. The van der Waals surface area contributed by atoms with Gasteiger partial charge >= 0.3 is 0 Å². The summed E-state index contributed by atoms with van der Waals surface area (Å²) in [7, 11) is 0. The minimum Gasteiger partial charge on any atom is -0.342 e. The molecule has 6 nitrogen and oxygen atoms in total. The van der Waals surface area contributed by atoms with Crippen molar-refractivity contribution in [1.82, 2.24) is 4.90 Å². The summed E-state index contributed by atoms with van der Waals surface area (Å²) in [6, 6.07) is 15.5. The number of rotatable bonds is 7. The highest BCUT2D eigenvalue weighted by molar-refractivity contribution is 5.99. The smallest absolute Gasteiger partial charge is 0.229 e. The van der Waals surface area contributed by atoms with Crippen LogP contribution in [0.1, 0.15) is 31.4 Å². The van der Waals surface area contributed by atoms with Crippen molar-refractivity contribution >= 4 is 29.1 Å². The van der Waals surface area contributed by atoms with Crippen molar-refractivity contribution in [3.63, 3.8) is 0 Å². The molecule has 158 valence electrons. The van der Waals surface area contributed by atoms with Gasteiger partial charge in [-0.2, -0.15) is 0 Å². The molecule has 1 unspecified atom stereocenters. The van der Waals surface area contributed by atoms with Gasteiger partial charge in [0, 0.05) is 36.8 Å². The van der Waals surface area contributed by atoms with Crippen LogP contribution in [-0.2, 0) is 20.8 Å². The van der Waals surface area contributed by atoms with Gasteiger partial charge in [0.25, 0.3) is 0 Å². The predicted octanol–water partition coefficient (Wildman–Crippen LogP) is 3.62. The number of nitrogens with one attached hydrogen (secondary N) is 2. The van der Waals surface area contributed by atoms with Crippen LogP contribution in [-0.4, -0.2) is 35.7 Å². The van der Waals surface area contributed by atoms with Gasteiger partial charge in [-0.25, -0.2) is 0 Å². The molecule has 0 bridgehead atoms. The Hall–Kier alpha value is -3.15. The van der Waals surface area contributed by atoms with Crippen LogP contribution in [0.25, 0.3) is 0 Å². The topological polar surface area (TPSA) is 78.5 Å². The average molecular weight is 408 g/mol. The third kappa shape index (κ3) is 5.47. The van der Waals surface area contributed by atoms with Gasteiger partial charge in [-0.15, -0.1) is 0 Å². The van der Waals surface area contributed by atoms with Gasteiger partial charge in [0.2, 0.25) is 17.7 Å². The van der Waals surface area contributed by atoms with Crippen LogP contribution < -0.4 is 10.6 Å². The SMILES string of the molecule is Cc1ccc(NC(=O)C(C)C)cc1NC(=O)C1CC(=O)N(CCc2ccccc2)C1. The highest BCUT2D eigenvalue weighted by Gasteiger charge is 2.34. The molecular formula is C24H29N3O3. The third-order valence-electron chi connectivity index (χ3n) is 5.39. The first-order valence-electron chi connectivity index (χ1n) is 10.4. The van der Waals surface area contributed by atoms with E-state index in [1.54, 1.807) is 11.0 Å². The van der Waals surface area contributed by atoms with Crippen LogP contribution in [0.5, 0.6) is 0 Å². The summed E-state index contributed by atoms with van der Waals surface area (Å²) < 4.78 is 0. The Morgan fingerprint density at radius 1 is 1.10 bits per heavy atom. The second-order valence-electron chi connectivity index (χ2n) is 8.14. The standard InChI is InChI=1S/C24H29N3O3/c1-16(2)23(29)25-20-10-9-17(3)21(14-20)26-24(30)19-13-22(28)27(15-19)12-11-18-7-5-4-6-8-18/h4-10,14,16,19H,11-13,15H2,1-3H3,(H,25,29)(H,26,30).